The van der Waals surface area contributed by atoms with Crippen LogP contribution in [0, 0.1) is 0 Å². The molecule has 3 nitrogen and oxygen atoms in total. The highest BCUT2D eigenvalue weighted by Crippen LogP contribution is 2.28. The Morgan fingerprint density at radius 3 is 2.83 bits per heavy atom. The molecule has 0 spiro atoms. The average Bonchev–Trinajstić information content (AvgIpc) is 2.58. The van der Waals surface area contributed by atoms with Gasteiger partial charge in [-0.2, -0.15) is 5.10 Å². The summed E-state index contributed by atoms with van der Waals surface area (Å²) < 4.78 is 1.08. The van der Waals surface area contributed by atoms with E-state index in [0.717, 1.165) is 15.0 Å². The fourth-order valence-corrected chi connectivity index (χ4v) is 2.31. The lowest BCUT2D eigenvalue weighted by Gasteiger charge is -1.85. The number of nitrogens with zero attached hydrogens (tertiary/aromatic N) is 1. The zero-order chi connectivity index (χ0) is 8.55. The predicted molar refractivity (Wildman–Crippen MR) is 54.0 cm³/mol. The molecule has 0 atom stereocenters. The van der Waals surface area contributed by atoms with Crippen molar-refractivity contribution in [1.82, 2.24) is 10.2 Å². The second kappa shape index (κ2) is 2.91. The van der Waals surface area contributed by atoms with Gasteiger partial charge in [-0.05, 0) is 22.0 Å². The number of hydrogen-bond acceptors (Lipinski definition) is 3. The monoisotopic (exact) mass is 243 g/mol. The molecule has 2 aromatic rings. The minimum Gasteiger partial charge on any atom is -0.382 e. The molecule has 0 bridgehead atoms. The summed E-state index contributed by atoms with van der Waals surface area (Å²) in [5.41, 5.74) is 6.43. The number of hydrogen-bond donors (Lipinski definition) is 2. The van der Waals surface area contributed by atoms with Crippen molar-refractivity contribution in [2.45, 2.75) is 0 Å². The van der Waals surface area contributed by atoms with Crippen molar-refractivity contribution in [3.8, 4) is 10.6 Å². The lowest BCUT2D eigenvalue weighted by atomic mass is 10.3. The second-order valence-electron chi connectivity index (χ2n) is 2.34. The van der Waals surface area contributed by atoms with Crippen molar-refractivity contribution in [2.24, 2.45) is 0 Å². The third kappa shape index (κ3) is 1.37. The summed E-state index contributed by atoms with van der Waals surface area (Å²) in [5, 5.41) is 8.72. The summed E-state index contributed by atoms with van der Waals surface area (Å²) in [6.45, 7) is 0. The van der Waals surface area contributed by atoms with E-state index in [0.29, 0.717) is 5.82 Å². The number of nitrogens with two attached hydrogens (primary N) is 1. The van der Waals surface area contributed by atoms with Crippen LogP contribution in [0.3, 0.4) is 0 Å². The SMILES string of the molecule is Nc1cc(-c2cc(Br)cs2)[nH]n1. The van der Waals surface area contributed by atoms with Gasteiger partial charge in [-0.15, -0.1) is 11.3 Å². The lowest BCUT2D eigenvalue weighted by Crippen LogP contribution is -1.81. The molecule has 5 heteroatoms. The molecule has 0 aliphatic carbocycles. The van der Waals surface area contributed by atoms with E-state index in [1.54, 1.807) is 11.3 Å². The Balaban J connectivity index is 2.43. The van der Waals surface area contributed by atoms with Crippen LogP contribution >= 0.6 is 27.3 Å². The van der Waals surface area contributed by atoms with Crippen LogP contribution in [0.15, 0.2) is 22.0 Å². The summed E-state index contributed by atoms with van der Waals surface area (Å²) in [4.78, 5) is 1.13. The van der Waals surface area contributed by atoms with Crippen LogP contribution in [-0.4, -0.2) is 10.2 Å². The van der Waals surface area contributed by atoms with Gasteiger partial charge in [0.15, 0.2) is 0 Å². The molecule has 0 saturated heterocycles. The largest absolute Gasteiger partial charge is 0.382 e. The number of halogens is 1. The van der Waals surface area contributed by atoms with Gasteiger partial charge in [0.25, 0.3) is 0 Å². The lowest BCUT2D eigenvalue weighted by molar-refractivity contribution is 1.11. The van der Waals surface area contributed by atoms with Gasteiger partial charge >= 0.3 is 0 Å². The number of aromatic amines is 1. The molecule has 0 fully saturated rings. The first kappa shape index (κ1) is 7.82. The third-order valence-electron chi connectivity index (χ3n) is 1.43. The molecule has 0 aliphatic heterocycles. The molecule has 2 heterocycles. The van der Waals surface area contributed by atoms with E-state index >= 15 is 0 Å². The number of aromatic nitrogens is 2. The van der Waals surface area contributed by atoms with E-state index < -0.39 is 0 Å². The van der Waals surface area contributed by atoms with Gasteiger partial charge in [0, 0.05) is 15.9 Å². The van der Waals surface area contributed by atoms with Gasteiger partial charge in [-0.3, -0.25) is 5.10 Å². The Kier molecular flexibility index (Phi) is 1.90. The van der Waals surface area contributed by atoms with E-state index in [2.05, 4.69) is 26.1 Å². The molecule has 0 aliphatic rings. The van der Waals surface area contributed by atoms with E-state index in [1.165, 1.54) is 0 Å². The second-order valence-corrected chi connectivity index (χ2v) is 4.16. The average molecular weight is 244 g/mol. The van der Waals surface area contributed by atoms with Gasteiger partial charge in [-0.1, -0.05) is 0 Å². The first-order valence-corrected chi connectivity index (χ1v) is 4.98. The maximum Gasteiger partial charge on any atom is 0.145 e. The number of nitrogen functional groups attached to an aromatic ring is 1. The quantitative estimate of drug-likeness (QED) is 0.809. The fourth-order valence-electron chi connectivity index (χ4n) is 0.918. The normalized spacial score (nSPS) is 10.4. The molecule has 0 unspecified atom stereocenters. The van der Waals surface area contributed by atoms with Crippen LogP contribution in [0.25, 0.3) is 10.6 Å². The van der Waals surface area contributed by atoms with Crippen LogP contribution in [0.1, 0.15) is 0 Å². The van der Waals surface area contributed by atoms with Gasteiger partial charge in [-0.25, -0.2) is 0 Å². The van der Waals surface area contributed by atoms with Crippen LogP contribution in [0.2, 0.25) is 0 Å². The van der Waals surface area contributed by atoms with E-state index in [4.69, 9.17) is 5.73 Å². The van der Waals surface area contributed by atoms with Crippen molar-refractivity contribution in [3.05, 3.63) is 22.0 Å². The van der Waals surface area contributed by atoms with Crippen LogP contribution in [-0.2, 0) is 0 Å². The molecule has 2 aromatic heterocycles. The summed E-state index contributed by atoms with van der Waals surface area (Å²) in [7, 11) is 0. The van der Waals surface area contributed by atoms with Gasteiger partial charge in [0.1, 0.15) is 5.82 Å². The zero-order valence-corrected chi connectivity index (χ0v) is 8.45. The van der Waals surface area contributed by atoms with Crippen molar-refractivity contribution in [2.75, 3.05) is 5.73 Å². The Hall–Kier alpha value is -0.810. The highest BCUT2D eigenvalue weighted by Gasteiger charge is 2.03. The van der Waals surface area contributed by atoms with E-state index in [1.807, 2.05) is 17.5 Å². The van der Waals surface area contributed by atoms with Crippen molar-refractivity contribution in [3.63, 3.8) is 0 Å². The van der Waals surface area contributed by atoms with E-state index in [-0.39, 0.29) is 0 Å². The van der Waals surface area contributed by atoms with Crippen LogP contribution in [0.5, 0.6) is 0 Å². The number of anilines is 1. The molecule has 12 heavy (non-hydrogen) atoms. The zero-order valence-electron chi connectivity index (χ0n) is 6.04. The molecule has 0 radical (unpaired) electrons. The minimum atomic E-state index is 0.523. The molecule has 3 N–H and O–H groups in total. The summed E-state index contributed by atoms with van der Waals surface area (Å²) in [5.74, 6) is 0.523. The number of thiophene rings is 1. The third-order valence-corrected chi connectivity index (χ3v) is 3.15. The maximum absolute atomic E-state index is 5.47. The summed E-state index contributed by atoms with van der Waals surface area (Å²) >= 11 is 5.02. The topological polar surface area (TPSA) is 54.7 Å². The Bertz CT molecular complexity index is 355. The standard InChI is InChI=1S/C7H6BrN3S/c8-4-1-6(12-3-4)5-2-7(9)11-10-5/h1-3H,(H3,9,10,11). The van der Waals surface area contributed by atoms with Crippen LogP contribution in [0.4, 0.5) is 5.82 Å². The van der Waals surface area contributed by atoms with Crippen molar-refractivity contribution < 1.29 is 0 Å². The first-order valence-electron chi connectivity index (χ1n) is 3.31. The van der Waals surface area contributed by atoms with Gasteiger partial charge in [0.2, 0.25) is 0 Å². The summed E-state index contributed by atoms with van der Waals surface area (Å²) in [6.07, 6.45) is 0. The maximum atomic E-state index is 5.47. The molecule has 0 saturated carbocycles. The van der Waals surface area contributed by atoms with Crippen molar-refractivity contribution in [1.29, 1.82) is 0 Å². The molecule has 0 amide bonds. The molecule has 62 valence electrons. The number of rotatable bonds is 1. The van der Waals surface area contributed by atoms with E-state index in [9.17, 15) is 0 Å². The molecular formula is C7H6BrN3S. The fraction of sp³-hybridized carbons (Fsp3) is 0. The smallest absolute Gasteiger partial charge is 0.145 e. The van der Waals surface area contributed by atoms with Crippen molar-refractivity contribution >= 4 is 33.1 Å². The number of H-pyrrole nitrogens is 1. The molecule has 2 rings (SSSR count). The van der Waals surface area contributed by atoms with Gasteiger partial charge < -0.3 is 5.73 Å². The Labute approximate surface area is 81.7 Å². The predicted octanol–water partition coefficient (Wildman–Crippen LogP) is 2.48. The highest BCUT2D eigenvalue weighted by molar-refractivity contribution is 9.10. The highest BCUT2D eigenvalue weighted by atomic mass is 79.9. The first-order chi connectivity index (χ1) is 5.75. The molecular weight excluding hydrogens is 238 g/mol. The molecule has 0 aromatic carbocycles. The van der Waals surface area contributed by atoms with Crippen LogP contribution < -0.4 is 5.73 Å². The Morgan fingerprint density at radius 1 is 1.50 bits per heavy atom. The van der Waals surface area contributed by atoms with Gasteiger partial charge in [0.05, 0.1) is 10.6 Å². The Morgan fingerprint density at radius 2 is 2.33 bits per heavy atom. The minimum absolute atomic E-state index is 0.523. The number of nitrogens with one attached hydrogen (secondary N) is 1. The summed E-state index contributed by atoms with van der Waals surface area (Å²) in [6, 6.07) is 3.84.